The molecule has 0 radical (unpaired) electrons. The summed E-state index contributed by atoms with van der Waals surface area (Å²) in [6.45, 7) is 16.1. The van der Waals surface area contributed by atoms with Crippen LogP contribution in [0.3, 0.4) is 0 Å². The van der Waals surface area contributed by atoms with E-state index in [1.165, 1.54) is 16.7 Å². The second-order valence-corrected chi connectivity index (χ2v) is 14.9. The van der Waals surface area contributed by atoms with Crippen LogP contribution in [0.4, 0.5) is 0 Å². The number of nitrogens with one attached hydrogen (secondary N) is 1. The van der Waals surface area contributed by atoms with Crippen molar-refractivity contribution in [2.24, 2.45) is 17.3 Å². The third-order valence-electron chi connectivity index (χ3n) is 10.4. The summed E-state index contributed by atoms with van der Waals surface area (Å²) in [4.78, 5) is 0. The fourth-order valence-corrected chi connectivity index (χ4v) is 8.03. The third-order valence-corrected chi connectivity index (χ3v) is 10.4. The predicted molar refractivity (Wildman–Crippen MR) is 155 cm³/mol. The van der Waals surface area contributed by atoms with Gasteiger partial charge in [-0.15, -0.1) is 0 Å². The lowest BCUT2D eigenvalue weighted by Gasteiger charge is -2.50. The van der Waals surface area contributed by atoms with Crippen LogP contribution >= 0.6 is 0 Å². The maximum atomic E-state index is 11.7. The molecule has 208 valence electrons. The second kappa shape index (κ2) is 9.64. The maximum Gasteiger partial charge on any atom is 0.123 e. The van der Waals surface area contributed by atoms with Crippen LogP contribution in [-0.4, -0.2) is 27.5 Å². The molecule has 4 N–H and O–H groups in total. The molecule has 0 amide bonds. The SMILES string of the molecule is CC(C)(C)c1cc(CN[C@H]2CC3C4CCc5cc(CO)ccc5C4CC[C@]3(C)[C@@H]2O)c(O)c(C(C)(C)C)c1. The van der Waals surface area contributed by atoms with E-state index in [1.54, 1.807) is 0 Å². The third kappa shape index (κ3) is 4.71. The summed E-state index contributed by atoms with van der Waals surface area (Å²) in [5.74, 6) is 2.02. The van der Waals surface area contributed by atoms with E-state index in [0.29, 0.717) is 30.0 Å². The first-order valence-electron chi connectivity index (χ1n) is 14.7. The summed E-state index contributed by atoms with van der Waals surface area (Å²) in [7, 11) is 0. The maximum absolute atomic E-state index is 11.7. The van der Waals surface area contributed by atoms with Crippen LogP contribution in [-0.2, 0) is 30.4 Å². The Morgan fingerprint density at radius 2 is 1.74 bits per heavy atom. The van der Waals surface area contributed by atoms with Gasteiger partial charge in [-0.25, -0.2) is 0 Å². The van der Waals surface area contributed by atoms with Gasteiger partial charge in [-0.2, -0.15) is 0 Å². The summed E-state index contributed by atoms with van der Waals surface area (Å²) in [5, 5.41) is 36.3. The number of benzene rings is 2. The van der Waals surface area contributed by atoms with Crippen LogP contribution in [0.2, 0.25) is 0 Å². The number of aromatic hydroxyl groups is 1. The highest BCUT2D eigenvalue weighted by Gasteiger charge is 2.57. The van der Waals surface area contributed by atoms with Crippen LogP contribution < -0.4 is 5.32 Å². The summed E-state index contributed by atoms with van der Waals surface area (Å²) in [6, 6.07) is 10.9. The van der Waals surface area contributed by atoms with Crippen molar-refractivity contribution >= 4 is 0 Å². The van der Waals surface area contributed by atoms with Crippen molar-refractivity contribution in [1.29, 1.82) is 0 Å². The molecule has 3 aliphatic rings. The number of aliphatic hydroxyl groups excluding tert-OH is 2. The van der Waals surface area contributed by atoms with Crippen molar-refractivity contribution < 1.29 is 15.3 Å². The lowest BCUT2D eigenvalue weighted by molar-refractivity contribution is -0.0281. The summed E-state index contributed by atoms with van der Waals surface area (Å²) < 4.78 is 0. The van der Waals surface area contributed by atoms with Gasteiger partial charge in [-0.05, 0) is 93.9 Å². The number of phenolic OH excluding ortho intramolecular Hbond substituents is 1. The topological polar surface area (TPSA) is 72.7 Å². The zero-order valence-corrected chi connectivity index (χ0v) is 24.6. The fraction of sp³-hybridized carbons (Fsp3) is 0.647. The number of hydrogen-bond acceptors (Lipinski definition) is 4. The van der Waals surface area contributed by atoms with Gasteiger partial charge >= 0.3 is 0 Å². The molecule has 4 heteroatoms. The highest BCUT2D eigenvalue weighted by Crippen LogP contribution is 2.61. The van der Waals surface area contributed by atoms with Gasteiger partial charge in [0.2, 0.25) is 0 Å². The molecule has 0 aromatic heterocycles. The van der Waals surface area contributed by atoms with E-state index in [2.05, 4.69) is 84.1 Å². The minimum absolute atomic E-state index is 0.0119. The molecule has 0 aliphatic heterocycles. The standard InChI is InChI=1S/C34H49NO3/c1-32(2,3)23-15-22(30(37)28(16-23)33(4,5)6)18-35-29-17-27-26-11-9-21-14-20(19-36)8-10-24(21)25(26)12-13-34(27,7)31(29)38/h8,10,14-16,25-27,29,31,35-38H,9,11-13,17-19H2,1-7H3/t25?,26?,27?,29-,31+,34-/m0/s1. The molecule has 0 spiro atoms. The average Bonchev–Trinajstić information content (AvgIpc) is 3.11. The van der Waals surface area contributed by atoms with Gasteiger partial charge in [0.25, 0.3) is 0 Å². The monoisotopic (exact) mass is 519 g/mol. The molecule has 3 unspecified atom stereocenters. The lowest BCUT2D eigenvalue weighted by Crippen LogP contribution is -2.46. The van der Waals surface area contributed by atoms with E-state index in [4.69, 9.17) is 0 Å². The smallest absolute Gasteiger partial charge is 0.123 e. The lowest BCUT2D eigenvalue weighted by atomic mass is 9.55. The van der Waals surface area contributed by atoms with Crippen molar-refractivity contribution in [3.8, 4) is 5.75 Å². The predicted octanol–water partition coefficient (Wildman–Crippen LogP) is 6.46. The van der Waals surface area contributed by atoms with Gasteiger partial charge in [-0.1, -0.05) is 78.8 Å². The van der Waals surface area contributed by atoms with Gasteiger partial charge < -0.3 is 20.6 Å². The van der Waals surface area contributed by atoms with E-state index in [1.807, 2.05) is 0 Å². The molecule has 3 aliphatic carbocycles. The molecule has 0 heterocycles. The van der Waals surface area contributed by atoms with Gasteiger partial charge in [0.1, 0.15) is 5.75 Å². The first-order chi connectivity index (χ1) is 17.7. The van der Waals surface area contributed by atoms with Crippen LogP contribution in [0.5, 0.6) is 5.75 Å². The number of hydrogen-bond donors (Lipinski definition) is 4. The van der Waals surface area contributed by atoms with Crippen LogP contribution in [0.25, 0.3) is 0 Å². The van der Waals surface area contributed by atoms with Crippen molar-refractivity contribution in [3.63, 3.8) is 0 Å². The molecular formula is C34H49NO3. The Morgan fingerprint density at radius 1 is 1.00 bits per heavy atom. The Morgan fingerprint density at radius 3 is 2.39 bits per heavy atom. The second-order valence-electron chi connectivity index (χ2n) is 14.9. The normalized spacial score (nSPS) is 31.0. The van der Waals surface area contributed by atoms with Crippen LogP contribution in [0.1, 0.15) is 113 Å². The van der Waals surface area contributed by atoms with Crippen LogP contribution in [0.15, 0.2) is 30.3 Å². The highest BCUT2D eigenvalue weighted by atomic mass is 16.3. The molecule has 2 aromatic carbocycles. The van der Waals surface area contributed by atoms with Crippen molar-refractivity contribution in [2.45, 2.75) is 123 Å². The highest BCUT2D eigenvalue weighted by molar-refractivity contribution is 5.48. The van der Waals surface area contributed by atoms with E-state index in [9.17, 15) is 15.3 Å². The number of phenols is 1. The van der Waals surface area contributed by atoms with Crippen molar-refractivity contribution in [2.75, 3.05) is 0 Å². The fourth-order valence-electron chi connectivity index (χ4n) is 8.03. The summed E-state index contributed by atoms with van der Waals surface area (Å²) >= 11 is 0. The first-order valence-corrected chi connectivity index (χ1v) is 14.7. The molecule has 38 heavy (non-hydrogen) atoms. The Balaban J connectivity index is 1.37. The Hall–Kier alpha value is -1.88. The van der Waals surface area contributed by atoms with Crippen LogP contribution in [0, 0.1) is 17.3 Å². The van der Waals surface area contributed by atoms with E-state index < -0.39 is 0 Å². The zero-order chi connectivity index (χ0) is 27.6. The minimum atomic E-state index is -0.387. The molecule has 5 rings (SSSR count). The van der Waals surface area contributed by atoms with Gasteiger partial charge in [0.05, 0.1) is 12.7 Å². The van der Waals surface area contributed by atoms with E-state index >= 15 is 0 Å². The van der Waals surface area contributed by atoms with Gasteiger partial charge in [0.15, 0.2) is 0 Å². The molecule has 0 bridgehead atoms. The molecular weight excluding hydrogens is 470 g/mol. The Labute approximate surface area is 229 Å². The number of aliphatic hydroxyl groups is 2. The number of aryl methyl sites for hydroxylation is 1. The Bertz CT molecular complexity index is 1190. The molecule has 0 saturated heterocycles. The first kappa shape index (κ1) is 27.7. The van der Waals surface area contributed by atoms with Gasteiger partial charge in [-0.3, -0.25) is 0 Å². The van der Waals surface area contributed by atoms with Gasteiger partial charge in [0, 0.05) is 18.2 Å². The van der Waals surface area contributed by atoms with E-state index in [0.717, 1.165) is 48.8 Å². The number of fused-ring (bicyclic) bond motifs is 5. The zero-order valence-electron chi connectivity index (χ0n) is 24.6. The quantitative estimate of drug-likeness (QED) is 0.374. The van der Waals surface area contributed by atoms with Crippen molar-refractivity contribution in [3.05, 3.63) is 63.7 Å². The van der Waals surface area contributed by atoms with E-state index in [-0.39, 0.29) is 35.0 Å². The molecule has 2 fully saturated rings. The molecule has 6 atom stereocenters. The number of rotatable bonds is 4. The largest absolute Gasteiger partial charge is 0.507 e. The average molecular weight is 520 g/mol. The molecule has 2 saturated carbocycles. The summed E-state index contributed by atoms with van der Waals surface area (Å²) in [6.07, 6.45) is 4.98. The molecule has 4 nitrogen and oxygen atoms in total. The minimum Gasteiger partial charge on any atom is -0.507 e. The molecule has 2 aromatic rings. The van der Waals surface area contributed by atoms with Crippen molar-refractivity contribution in [1.82, 2.24) is 5.32 Å². The Kier molecular flexibility index (Phi) is 7.02. The summed E-state index contributed by atoms with van der Waals surface area (Å²) in [5.41, 5.74) is 6.81.